The van der Waals surface area contributed by atoms with Crippen LogP contribution in [0.25, 0.3) is 0 Å². The van der Waals surface area contributed by atoms with Gasteiger partial charge in [0.1, 0.15) is 17.9 Å². The molecule has 8 heteroatoms. The highest BCUT2D eigenvalue weighted by atomic mass is 127. The van der Waals surface area contributed by atoms with Crippen LogP contribution in [0.2, 0.25) is 0 Å². The maximum Gasteiger partial charge on any atom is 0.243 e. The van der Waals surface area contributed by atoms with Crippen molar-refractivity contribution in [3.05, 3.63) is 69.0 Å². The van der Waals surface area contributed by atoms with Crippen LogP contribution >= 0.6 is 22.6 Å². The van der Waals surface area contributed by atoms with Crippen molar-refractivity contribution in [2.75, 3.05) is 0 Å². The van der Waals surface area contributed by atoms with E-state index in [1.807, 2.05) is 24.3 Å². The lowest BCUT2D eigenvalue weighted by Gasteiger charge is -2.22. The van der Waals surface area contributed by atoms with E-state index in [1.54, 1.807) is 6.07 Å². The van der Waals surface area contributed by atoms with Gasteiger partial charge in [0, 0.05) is 23.3 Å². The summed E-state index contributed by atoms with van der Waals surface area (Å²) in [5, 5.41) is 5.13. The van der Waals surface area contributed by atoms with Gasteiger partial charge in [-0.25, -0.2) is 4.39 Å². The molecule has 0 aliphatic heterocycles. The molecule has 0 unspecified atom stereocenters. The third-order valence-corrected chi connectivity index (χ3v) is 4.76. The Morgan fingerprint density at radius 1 is 1.00 bits per heavy atom. The van der Waals surface area contributed by atoms with E-state index in [0.29, 0.717) is 5.56 Å². The Hall–Kier alpha value is -2.49. The van der Waals surface area contributed by atoms with E-state index in [0.717, 1.165) is 9.13 Å². The van der Waals surface area contributed by atoms with Crippen LogP contribution in [0, 0.1) is 9.39 Å². The molecule has 0 saturated heterocycles. The highest BCUT2D eigenvalue weighted by molar-refractivity contribution is 14.1. The summed E-state index contributed by atoms with van der Waals surface area (Å²) in [6.45, 7) is 1.28. The lowest BCUT2D eigenvalue weighted by atomic mass is 10.0. The first-order chi connectivity index (χ1) is 13.2. The monoisotopic (exact) mass is 497 g/mol. The maximum atomic E-state index is 13.4. The lowest BCUT2D eigenvalue weighted by molar-refractivity contribution is -0.130. The van der Waals surface area contributed by atoms with Gasteiger partial charge in [-0.3, -0.25) is 14.4 Å². The summed E-state index contributed by atoms with van der Waals surface area (Å²) in [5.74, 6) is -2.09. The molecule has 0 aliphatic rings. The minimum Gasteiger partial charge on any atom is -0.368 e. The summed E-state index contributed by atoms with van der Waals surface area (Å²) in [5.41, 5.74) is 6.83. The SMILES string of the molecule is CC(=O)N[C@@H](Cc1cccc(F)c1)C(=O)N[C@@H](Cc1ccc(I)cc1)C(N)=O. The quantitative estimate of drug-likeness (QED) is 0.484. The van der Waals surface area contributed by atoms with E-state index in [-0.39, 0.29) is 12.8 Å². The van der Waals surface area contributed by atoms with E-state index >= 15 is 0 Å². The van der Waals surface area contributed by atoms with Crippen LogP contribution < -0.4 is 16.4 Å². The Kier molecular flexibility index (Phi) is 7.91. The van der Waals surface area contributed by atoms with E-state index in [4.69, 9.17) is 5.73 Å². The number of carbonyl (C=O) groups is 3. The summed E-state index contributed by atoms with van der Waals surface area (Å²) < 4.78 is 14.5. The fourth-order valence-corrected chi connectivity index (χ4v) is 3.07. The first-order valence-corrected chi connectivity index (χ1v) is 9.68. The second kappa shape index (κ2) is 10.2. The number of benzene rings is 2. The van der Waals surface area contributed by atoms with Crippen molar-refractivity contribution in [1.82, 2.24) is 10.6 Å². The van der Waals surface area contributed by atoms with Gasteiger partial charge in [-0.15, -0.1) is 0 Å². The number of carbonyl (C=O) groups excluding carboxylic acids is 3. The molecule has 0 spiro atoms. The topological polar surface area (TPSA) is 101 Å². The summed E-state index contributed by atoms with van der Waals surface area (Å²) in [6, 6.07) is 11.3. The van der Waals surface area contributed by atoms with E-state index in [1.165, 1.54) is 25.1 Å². The van der Waals surface area contributed by atoms with Crippen LogP contribution in [0.5, 0.6) is 0 Å². The number of nitrogens with one attached hydrogen (secondary N) is 2. The summed E-state index contributed by atoms with van der Waals surface area (Å²) in [7, 11) is 0. The zero-order valence-electron chi connectivity index (χ0n) is 15.2. The van der Waals surface area contributed by atoms with Gasteiger partial charge in [-0.2, -0.15) is 0 Å². The van der Waals surface area contributed by atoms with Gasteiger partial charge in [0.05, 0.1) is 0 Å². The van der Waals surface area contributed by atoms with Gasteiger partial charge in [0.2, 0.25) is 17.7 Å². The van der Waals surface area contributed by atoms with Gasteiger partial charge in [-0.05, 0) is 58.0 Å². The van der Waals surface area contributed by atoms with Crippen molar-refractivity contribution < 1.29 is 18.8 Å². The van der Waals surface area contributed by atoms with Crippen LogP contribution in [0.15, 0.2) is 48.5 Å². The van der Waals surface area contributed by atoms with Crippen molar-refractivity contribution in [3.8, 4) is 0 Å². The average Bonchev–Trinajstić information content (AvgIpc) is 2.62. The number of halogens is 2. The first kappa shape index (κ1) is 21.8. The number of hydrogen-bond donors (Lipinski definition) is 3. The molecule has 2 aromatic carbocycles. The highest BCUT2D eigenvalue weighted by Crippen LogP contribution is 2.10. The summed E-state index contributed by atoms with van der Waals surface area (Å²) >= 11 is 2.17. The van der Waals surface area contributed by atoms with Crippen molar-refractivity contribution in [3.63, 3.8) is 0 Å². The minimum absolute atomic E-state index is 0.0815. The largest absolute Gasteiger partial charge is 0.368 e. The molecule has 0 fully saturated rings. The zero-order chi connectivity index (χ0) is 20.7. The zero-order valence-corrected chi connectivity index (χ0v) is 17.4. The molecule has 0 heterocycles. The Morgan fingerprint density at radius 3 is 2.21 bits per heavy atom. The molecule has 2 aromatic rings. The van der Waals surface area contributed by atoms with Gasteiger partial charge < -0.3 is 16.4 Å². The van der Waals surface area contributed by atoms with Crippen molar-refractivity contribution in [1.29, 1.82) is 0 Å². The van der Waals surface area contributed by atoms with Crippen LogP contribution in [-0.4, -0.2) is 29.8 Å². The number of rotatable bonds is 8. The molecule has 6 nitrogen and oxygen atoms in total. The van der Waals surface area contributed by atoms with Crippen molar-refractivity contribution >= 4 is 40.3 Å². The van der Waals surface area contributed by atoms with Gasteiger partial charge in [0.15, 0.2) is 0 Å². The summed E-state index contributed by atoms with van der Waals surface area (Å²) in [6.07, 6.45) is 0.308. The molecule has 0 aliphatic carbocycles. The molecule has 0 bridgehead atoms. The van der Waals surface area contributed by atoms with Crippen LogP contribution in [0.4, 0.5) is 4.39 Å². The van der Waals surface area contributed by atoms with Crippen LogP contribution in [0.1, 0.15) is 18.1 Å². The summed E-state index contributed by atoms with van der Waals surface area (Å²) in [4.78, 5) is 36.0. The van der Waals surface area contributed by atoms with Crippen LogP contribution in [-0.2, 0) is 27.2 Å². The molecule has 0 radical (unpaired) electrons. The number of hydrogen-bond acceptors (Lipinski definition) is 3. The maximum absolute atomic E-state index is 13.4. The smallest absolute Gasteiger partial charge is 0.243 e. The predicted molar refractivity (Wildman–Crippen MR) is 112 cm³/mol. The first-order valence-electron chi connectivity index (χ1n) is 8.60. The minimum atomic E-state index is -0.960. The number of primary amides is 1. The Morgan fingerprint density at radius 2 is 1.64 bits per heavy atom. The molecule has 2 atom stereocenters. The van der Waals surface area contributed by atoms with Crippen LogP contribution in [0.3, 0.4) is 0 Å². The van der Waals surface area contributed by atoms with Gasteiger partial charge in [0.25, 0.3) is 0 Å². The van der Waals surface area contributed by atoms with E-state index in [9.17, 15) is 18.8 Å². The molecule has 3 amide bonds. The second-order valence-corrected chi connectivity index (χ2v) is 7.63. The molecular weight excluding hydrogens is 476 g/mol. The average molecular weight is 497 g/mol. The highest BCUT2D eigenvalue weighted by Gasteiger charge is 2.25. The Labute approximate surface area is 176 Å². The molecule has 28 heavy (non-hydrogen) atoms. The van der Waals surface area contributed by atoms with Gasteiger partial charge in [-0.1, -0.05) is 24.3 Å². The van der Waals surface area contributed by atoms with Crippen molar-refractivity contribution in [2.24, 2.45) is 5.73 Å². The third kappa shape index (κ3) is 6.91. The van der Waals surface area contributed by atoms with Crippen molar-refractivity contribution in [2.45, 2.75) is 31.8 Å². The Balaban J connectivity index is 2.12. The fraction of sp³-hybridized carbons (Fsp3) is 0.250. The van der Waals surface area contributed by atoms with E-state index < -0.39 is 35.6 Å². The standard InChI is InChI=1S/C20H21FIN3O3/c1-12(26)24-18(11-14-3-2-4-15(21)9-14)20(28)25-17(19(23)27)10-13-5-7-16(22)8-6-13/h2-9,17-18H,10-11H2,1H3,(H2,23,27)(H,24,26)(H,25,28)/t17-,18-/m0/s1. The molecule has 0 saturated carbocycles. The molecule has 2 rings (SSSR count). The lowest BCUT2D eigenvalue weighted by Crippen LogP contribution is -2.54. The van der Waals surface area contributed by atoms with Gasteiger partial charge >= 0.3 is 0 Å². The molecular formula is C20H21FIN3O3. The second-order valence-electron chi connectivity index (χ2n) is 6.38. The molecule has 0 aromatic heterocycles. The van der Waals surface area contributed by atoms with E-state index in [2.05, 4.69) is 33.2 Å². The fourth-order valence-electron chi connectivity index (χ4n) is 2.71. The molecule has 4 N–H and O–H groups in total. The predicted octanol–water partition coefficient (Wildman–Crippen LogP) is 1.69. The molecule has 148 valence electrons. The number of nitrogens with two attached hydrogens (primary N) is 1. The third-order valence-electron chi connectivity index (χ3n) is 4.04. The normalized spacial score (nSPS) is 12.7. The number of amides is 3. The Bertz CT molecular complexity index is 858.